The van der Waals surface area contributed by atoms with Crippen molar-refractivity contribution in [3.05, 3.63) is 24.3 Å². The monoisotopic (exact) mass is 957 g/mol. The second kappa shape index (κ2) is 57.5. The maximum absolute atomic E-state index is 12.9. The van der Waals surface area contributed by atoms with Crippen molar-refractivity contribution in [3.63, 3.8) is 0 Å². The molecule has 0 saturated carbocycles. The molecule has 0 aromatic rings. The SMILES string of the molecule is CCCCCCCCC/C=C\CCCCCCCC(=O)OC(COC(=O)CCCCCCC/C=C\CCCCCCCCCCC)COC(=O)CCCCCCCCCCCCCCCCCC. The van der Waals surface area contributed by atoms with Crippen molar-refractivity contribution in [3.8, 4) is 0 Å². The lowest BCUT2D eigenvalue weighted by Crippen LogP contribution is -2.30. The van der Waals surface area contributed by atoms with Crippen molar-refractivity contribution in [2.75, 3.05) is 13.2 Å². The molecule has 1 atom stereocenters. The van der Waals surface area contributed by atoms with Crippen molar-refractivity contribution in [2.45, 2.75) is 341 Å². The Kier molecular flexibility index (Phi) is 55.7. The maximum atomic E-state index is 12.9. The molecule has 0 aliphatic rings. The van der Waals surface area contributed by atoms with Crippen molar-refractivity contribution in [1.82, 2.24) is 0 Å². The first-order valence-corrected chi connectivity index (χ1v) is 30.3. The first kappa shape index (κ1) is 65.9. The van der Waals surface area contributed by atoms with E-state index < -0.39 is 6.10 Å². The van der Waals surface area contributed by atoms with E-state index in [9.17, 15) is 14.4 Å². The van der Waals surface area contributed by atoms with Crippen LogP contribution < -0.4 is 0 Å². The van der Waals surface area contributed by atoms with Crippen LogP contribution in [0.5, 0.6) is 0 Å². The van der Waals surface area contributed by atoms with Gasteiger partial charge in [-0.25, -0.2) is 0 Å². The Morgan fingerprint density at radius 1 is 0.279 bits per heavy atom. The zero-order valence-corrected chi connectivity index (χ0v) is 45.9. The molecule has 0 saturated heterocycles. The third-order valence-electron chi connectivity index (χ3n) is 13.7. The van der Waals surface area contributed by atoms with E-state index in [0.29, 0.717) is 19.3 Å². The van der Waals surface area contributed by atoms with Gasteiger partial charge in [-0.05, 0) is 70.6 Å². The Morgan fingerprint density at radius 2 is 0.485 bits per heavy atom. The van der Waals surface area contributed by atoms with Gasteiger partial charge in [0.15, 0.2) is 6.10 Å². The van der Waals surface area contributed by atoms with Gasteiger partial charge < -0.3 is 14.2 Å². The Morgan fingerprint density at radius 3 is 0.735 bits per heavy atom. The molecule has 0 aromatic heterocycles. The standard InChI is InChI=1S/C62H116O6/c1-4-7-10-13-16-19-22-25-28-31-32-35-37-40-43-46-49-52-55-61(64)67-58-59(68-62(65)56-53-50-47-44-41-38-34-30-27-24-21-18-15-12-9-6-3)57-66-60(63)54-51-48-45-42-39-36-33-29-26-23-20-17-14-11-8-5-2/h30,32,34-35,59H,4-29,31,33,36-58H2,1-3H3/b34-30-,35-32-. The smallest absolute Gasteiger partial charge is 0.306 e. The quantitative estimate of drug-likeness (QED) is 0.0262. The molecule has 0 aliphatic heterocycles. The summed E-state index contributed by atoms with van der Waals surface area (Å²) in [6.07, 6.45) is 67.4. The molecule has 0 bridgehead atoms. The first-order chi connectivity index (χ1) is 33.5. The van der Waals surface area contributed by atoms with Crippen LogP contribution in [0.3, 0.4) is 0 Å². The van der Waals surface area contributed by atoms with Gasteiger partial charge in [0.25, 0.3) is 0 Å². The second-order valence-electron chi connectivity index (χ2n) is 20.6. The average molecular weight is 958 g/mol. The summed E-state index contributed by atoms with van der Waals surface area (Å²) in [6, 6.07) is 0. The van der Waals surface area contributed by atoms with E-state index in [4.69, 9.17) is 14.2 Å². The Labute approximate surface area is 423 Å². The zero-order chi connectivity index (χ0) is 49.3. The summed E-state index contributed by atoms with van der Waals surface area (Å²) < 4.78 is 16.9. The summed E-state index contributed by atoms with van der Waals surface area (Å²) in [5.41, 5.74) is 0. The van der Waals surface area contributed by atoms with Crippen LogP contribution in [-0.2, 0) is 28.6 Å². The highest BCUT2D eigenvalue weighted by Crippen LogP contribution is 2.17. The second-order valence-corrected chi connectivity index (χ2v) is 20.6. The number of carbonyl (C=O) groups is 3. The third kappa shape index (κ3) is 54.8. The molecule has 0 spiro atoms. The molecular weight excluding hydrogens is 841 g/mol. The Hall–Kier alpha value is -2.11. The van der Waals surface area contributed by atoms with Crippen LogP contribution in [0.4, 0.5) is 0 Å². The minimum Gasteiger partial charge on any atom is -0.462 e. The van der Waals surface area contributed by atoms with Crippen LogP contribution in [0, 0.1) is 0 Å². The van der Waals surface area contributed by atoms with Crippen molar-refractivity contribution < 1.29 is 28.6 Å². The lowest BCUT2D eigenvalue weighted by molar-refractivity contribution is -0.167. The molecule has 6 heteroatoms. The minimum atomic E-state index is -0.776. The molecule has 0 heterocycles. The first-order valence-electron chi connectivity index (χ1n) is 30.3. The van der Waals surface area contributed by atoms with E-state index in [2.05, 4.69) is 45.1 Å². The topological polar surface area (TPSA) is 78.9 Å². The molecule has 400 valence electrons. The van der Waals surface area contributed by atoms with Gasteiger partial charge in [0.05, 0.1) is 0 Å². The Balaban J connectivity index is 4.35. The van der Waals surface area contributed by atoms with Crippen LogP contribution in [0.25, 0.3) is 0 Å². The summed E-state index contributed by atoms with van der Waals surface area (Å²) in [4.78, 5) is 38.2. The van der Waals surface area contributed by atoms with E-state index in [1.807, 2.05) is 0 Å². The van der Waals surface area contributed by atoms with Gasteiger partial charge in [0, 0.05) is 19.3 Å². The van der Waals surface area contributed by atoms with E-state index >= 15 is 0 Å². The lowest BCUT2D eigenvalue weighted by atomic mass is 10.0. The van der Waals surface area contributed by atoms with Crippen LogP contribution in [0.15, 0.2) is 24.3 Å². The number of hydrogen-bond donors (Lipinski definition) is 0. The number of rotatable bonds is 56. The molecular formula is C62H116O6. The number of allylic oxidation sites excluding steroid dienone is 4. The number of carbonyl (C=O) groups excluding carboxylic acids is 3. The molecule has 0 amide bonds. The fraction of sp³-hybridized carbons (Fsp3) is 0.887. The zero-order valence-electron chi connectivity index (χ0n) is 45.9. The van der Waals surface area contributed by atoms with E-state index in [1.54, 1.807) is 0 Å². The van der Waals surface area contributed by atoms with Gasteiger partial charge in [0.1, 0.15) is 13.2 Å². The van der Waals surface area contributed by atoms with Crippen LogP contribution in [0.2, 0.25) is 0 Å². The van der Waals surface area contributed by atoms with Gasteiger partial charge in [-0.3, -0.25) is 14.4 Å². The van der Waals surface area contributed by atoms with Crippen LogP contribution in [-0.4, -0.2) is 37.2 Å². The molecule has 0 N–H and O–H groups in total. The van der Waals surface area contributed by atoms with Gasteiger partial charge in [-0.15, -0.1) is 0 Å². The maximum Gasteiger partial charge on any atom is 0.306 e. The van der Waals surface area contributed by atoms with Crippen LogP contribution in [0.1, 0.15) is 335 Å². The number of unbranched alkanes of at least 4 members (excludes halogenated alkanes) is 41. The van der Waals surface area contributed by atoms with Gasteiger partial charge >= 0.3 is 17.9 Å². The summed E-state index contributed by atoms with van der Waals surface area (Å²) in [7, 11) is 0. The fourth-order valence-electron chi connectivity index (χ4n) is 9.08. The number of esters is 3. The lowest BCUT2D eigenvalue weighted by Gasteiger charge is -2.18. The molecule has 0 radical (unpaired) electrons. The largest absolute Gasteiger partial charge is 0.462 e. The third-order valence-corrected chi connectivity index (χ3v) is 13.7. The molecule has 68 heavy (non-hydrogen) atoms. The predicted molar refractivity (Wildman–Crippen MR) is 293 cm³/mol. The predicted octanol–water partition coefficient (Wildman–Crippen LogP) is 20.3. The van der Waals surface area contributed by atoms with Gasteiger partial charge in [-0.2, -0.15) is 0 Å². The summed E-state index contributed by atoms with van der Waals surface area (Å²) in [6.45, 7) is 6.68. The van der Waals surface area contributed by atoms with Gasteiger partial charge in [0.2, 0.25) is 0 Å². The number of ether oxygens (including phenoxy) is 3. The minimum absolute atomic E-state index is 0.0726. The van der Waals surface area contributed by atoms with E-state index in [1.165, 1.54) is 225 Å². The molecule has 6 nitrogen and oxygen atoms in total. The molecule has 0 fully saturated rings. The highest BCUT2D eigenvalue weighted by molar-refractivity contribution is 5.71. The van der Waals surface area contributed by atoms with Crippen LogP contribution >= 0.6 is 0 Å². The van der Waals surface area contributed by atoms with E-state index in [-0.39, 0.29) is 31.1 Å². The van der Waals surface area contributed by atoms with Crippen molar-refractivity contribution >= 4 is 17.9 Å². The Bertz CT molecular complexity index is 1100. The normalized spacial score (nSPS) is 12.1. The molecule has 0 aliphatic carbocycles. The van der Waals surface area contributed by atoms with Gasteiger partial charge in [-0.1, -0.05) is 270 Å². The molecule has 0 aromatic carbocycles. The van der Waals surface area contributed by atoms with E-state index in [0.717, 1.165) is 70.6 Å². The molecule has 0 rings (SSSR count). The highest BCUT2D eigenvalue weighted by Gasteiger charge is 2.19. The van der Waals surface area contributed by atoms with Crippen molar-refractivity contribution in [2.24, 2.45) is 0 Å². The molecule has 1 unspecified atom stereocenters. The average Bonchev–Trinajstić information content (AvgIpc) is 3.34. The highest BCUT2D eigenvalue weighted by atomic mass is 16.6. The summed E-state index contributed by atoms with van der Waals surface area (Å²) >= 11 is 0. The fourth-order valence-corrected chi connectivity index (χ4v) is 9.08. The number of hydrogen-bond acceptors (Lipinski definition) is 6. The summed E-state index contributed by atoms with van der Waals surface area (Å²) in [5, 5.41) is 0. The van der Waals surface area contributed by atoms with Crippen molar-refractivity contribution in [1.29, 1.82) is 0 Å². The summed E-state index contributed by atoms with van der Waals surface area (Å²) in [5.74, 6) is -0.867.